The largest absolute Gasteiger partial charge is 0.504 e. The van der Waals surface area contributed by atoms with Gasteiger partial charge >= 0.3 is 0 Å². The summed E-state index contributed by atoms with van der Waals surface area (Å²) in [6, 6.07) is 11.6. The fourth-order valence-electron chi connectivity index (χ4n) is 6.85. The number of phenols is 1. The minimum atomic E-state index is -1.20. The van der Waals surface area contributed by atoms with Gasteiger partial charge in [-0.3, -0.25) is 28.8 Å². The normalized spacial score (nSPS) is 24.4. The van der Waals surface area contributed by atoms with Crippen molar-refractivity contribution in [3.63, 3.8) is 0 Å². The first-order valence-corrected chi connectivity index (χ1v) is 18.5. The van der Waals surface area contributed by atoms with Crippen LogP contribution in [0.3, 0.4) is 0 Å². The van der Waals surface area contributed by atoms with Crippen molar-refractivity contribution in [2.24, 2.45) is 0 Å². The molecule has 0 unspecified atom stereocenters. The average molecular weight is 771 g/mol. The number of aromatic hydroxyl groups is 1. The minimum Gasteiger partial charge on any atom is -0.504 e. The number of hydrogen-bond acceptors (Lipinski definition) is 9. The monoisotopic (exact) mass is 770 g/mol. The van der Waals surface area contributed by atoms with Crippen LogP contribution in [0.25, 0.3) is 0 Å². The lowest BCUT2D eigenvalue weighted by molar-refractivity contribution is -0.149. The summed E-state index contributed by atoms with van der Waals surface area (Å²) in [4.78, 5) is 88.5. The number of rotatable bonds is 4. The second-order valence-corrected chi connectivity index (χ2v) is 14.3. The lowest BCUT2D eigenvalue weighted by atomic mass is 9.98. The van der Waals surface area contributed by atoms with Gasteiger partial charge in [0.1, 0.15) is 47.8 Å². The van der Waals surface area contributed by atoms with Crippen molar-refractivity contribution in [1.82, 2.24) is 30.7 Å². The number of phenolic OH excluding ortho intramolecular Hbond substituents is 1. The van der Waals surface area contributed by atoms with Crippen molar-refractivity contribution in [2.45, 2.75) is 82.7 Å². The highest BCUT2D eigenvalue weighted by Gasteiger charge is 2.39. The van der Waals surface area contributed by atoms with Gasteiger partial charge in [-0.2, -0.15) is 0 Å². The molecular weight excluding hydrogens is 720 g/mol. The molecule has 0 aromatic heterocycles. The van der Waals surface area contributed by atoms with E-state index in [2.05, 4.69) is 16.0 Å². The summed E-state index contributed by atoms with van der Waals surface area (Å²) in [5.74, 6) is -2.62. The van der Waals surface area contributed by atoms with E-state index in [1.165, 1.54) is 62.9 Å². The van der Waals surface area contributed by atoms with Crippen molar-refractivity contribution in [1.29, 1.82) is 0 Å². The summed E-state index contributed by atoms with van der Waals surface area (Å²) >= 11 is 0. The predicted octanol–water partition coefficient (Wildman–Crippen LogP) is 1.93. The van der Waals surface area contributed by atoms with Crippen LogP contribution in [0.4, 0.5) is 0 Å². The van der Waals surface area contributed by atoms with E-state index in [1.807, 2.05) is 0 Å². The highest BCUT2D eigenvalue weighted by molar-refractivity contribution is 5.98. The van der Waals surface area contributed by atoms with Gasteiger partial charge in [0.05, 0.1) is 7.11 Å². The first-order chi connectivity index (χ1) is 26.6. The molecule has 298 valence electrons. The van der Waals surface area contributed by atoms with Gasteiger partial charge in [-0.05, 0) is 73.4 Å². The molecule has 56 heavy (non-hydrogen) atoms. The maximum Gasteiger partial charge on any atom is 0.246 e. The number of amides is 6. The van der Waals surface area contributed by atoms with Gasteiger partial charge in [-0.1, -0.05) is 37.3 Å². The van der Waals surface area contributed by atoms with E-state index < -0.39 is 71.7 Å². The first kappa shape index (κ1) is 41.1. The molecule has 3 aliphatic heterocycles. The van der Waals surface area contributed by atoms with Gasteiger partial charge in [0.25, 0.3) is 0 Å². The highest BCUT2D eigenvalue weighted by atomic mass is 16.5. The number of benzene rings is 3. The van der Waals surface area contributed by atoms with Crippen LogP contribution >= 0.6 is 0 Å². The SMILES string of the molecule is CC[C@H]1NC(=O)[C@@H](C)NC(=O)[C@@H]2Cc3ccc(O)c(c3)Oc3ccc(cc3)C[C@H](C(=O)N2C)N(C)C(=O)[C@H](C)NC(=O)[C@H](Cc2ccc(OC)cc2)N(C)C1=O. The molecule has 0 saturated carbocycles. The Bertz CT molecular complexity index is 1950. The molecule has 6 bridgehead atoms. The first-order valence-electron chi connectivity index (χ1n) is 18.5. The third-order valence-electron chi connectivity index (χ3n) is 10.5. The van der Waals surface area contributed by atoms with Crippen LogP contribution in [0.2, 0.25) is 0 Å². The van der Waals surface area contributed by atoms with Crippen LogP contribution in [-0.2, 0) is 48.0 Å². The molecule has 6 atom stereocenters. The van der Waals surface area contributed by atoms with Crippen LogP contribution in [0, 0.1) is 0 Å². The lowest BCUT2D eigenvalue weighted by Gasteiger charge is -2.37. The van der Waals surface area contributed by atoms with Crippen molar-refractivity contribution >= 4 is 35.4 Å². The summed E-state index contributed by atoms with van der Waals surface area (Å²) in [6.07, 6.45) is 0.220. The Morgan fingerprint density at radius 1 is 0.696 bits per heavy atom. The lowest BCUT2D eigenvalue weighted by Crippen LogP contribution is -2.61. The Morgan fingerprint density at radius 3 is 1.95 bits per heavy atom. The van der Waals surface area contributed by atoms with Crippen molar-refractivity contribution in [3.8, 4) is 23.0 Å². The minimum absolute atomic E-state index is 0.0335. The molecule has 6 amide bonds. The summed E-state index contributed by atoms with van der Waals surface area (Å²) in [7, 11) is 5.91. The molecule has 1 fully saturated rings. The average Bonchev–Trinajstić information content (AvgIpc) is 3.19. The van der Waals surface area contributed by atoms with Crippen LogP contribution in [0.15, 0.2) is 66.7 Å². The molecule has 3 aliphatic rings. The molecular formula is C41H50N6O9. The van der Waals surface area contributed by atoms with E-state index >= 15 is 0 Å². The van der Waals surface area contributed by atoms with E-state index in [1.54, 1.807) is 67.6 Å². The van der Waals surface area contributed by atoms with E-state index in [4.69, 9.17) is 9.47 Å². The third kappa shape index (κ3) is 9.21. The molecule has 1 saturated heterocycles. The van der Waals surface area contributed by atoms with Crippen LogP contribution < -0.4 is 25.4 Å². The van der Waals surface area contributed by atoms with E-state index in [-0.39, 0.29) is 37.2 Å². The van der Waals surface area contributed by atoms with Gasteiger partial charge in [0, 0.05) is 40.4 Å². The molecule has 6 rings (SSSR count). The molecule has 3 heterocycles. The Hall–Kier alpha value is -6.12. The number of carbonyl (C=O) groups is 6. The highest BCUT2D eigenvalue weighted by Crippen LogP contribution is 2.33. The Labute approximate surface area is 326 Å². The second-order valence-electron chi connectivity index (χ2n) is 14.3. The van der Waals surface area contributed by atoms with E-state index in [0.29, 0.717) is 28.2 Å². The van der Waals surface area contributed by atoms with Crippen LogP contribution in [-0.4, -0.2) is 120 Å². The standard InChI is InChI=1S/C41H50N6O9/c1-8-30-40(53)45(4)31(19-25-9-14-28(55-7)15-10-25)38(51)43-24(3)39(52)47(6)33-20-26-11-16-29(17-12-26)56-35-22-27(13-18-34(35)48)21-32(46(5)41(33)54)37(50)42-23(2)36(49)44-30/h9-18,22-24,30-33,48H,8,19-21H2,1-7H3,(H,42,50)(H,43,51)(H,44,49)/t23-,24+,30-,31+,32+,33-/m1/s1. The summed E-state index contributed by atoms with van der Waals surface area (Å²) < 4.78 is 11.2. The number of carbonyl (C=O) groups excluding carboxylic acids is 6. The maximum absolute atomic E-state index is 14.6. The topological polar surface area (TPSA) is 187 Å². The van der Waals surface area contributed by atoms with Crippen LogP contribution in [0.1, 0.15) is 43.9 Å². The van der Waals surface area contributed by atoms with Gasteiger partial charge < -0.3 is 45.2 Å². The van der Waals surface area contributed by atoms with Gasteiger partial charge in [0.15, 0.2) is 11.5 Å². The second kappa shape index (κ2) is 17.6. The molecule has 0 radical (unpaired) electrons. The molecule has 3 aromatic rings. The Balaban J connectivity index is 1.58. The zero-order chi connectivity index (χ0) is 40.8. The van der Waals surface area contributed by atoms with E-state index in [0.717, 1.165) is 0 Å². The number of nitrogens with zero attached hydrogens (tertiary/aromatic N) is 3. The molecule has 15 nitrogen and oxygen atoms in total. The molecule has 3 aromatic carbocycles. The van der Waals surface area contributed by atoms with Crippen molar-refractivity contribution < 1.29 is 43.3 Å². The summed E-state index contributed by atoms with van der Waals surface area (Å²) in [5, 5.41) is 18.8. The Morgan fingerprint density at radius 2 is 1.30 bits per heavy atom. The quantitative estimate of drug-likeness (QED) is 0.308. The van der Waals surface area contributed by atoms with E-state index in [9.17, 15) is 33.9 Å². The summed E-state index contributed by atoms with van der Waals surface area (Å²) in [5.41, 5.74) is 1.90. The molecule has 4 N–H and O–H groups in total. The van der Waals surface area contributed by atoms with Crippen molar-refractivity contribution in [2.75, 3.05) is 28.3 Å². The zero-order valence-corrected chi connectivity index (χ0v) is 32.7. The number of hydrogen-bond donors (Lipinski definition) is 4. The van der Waals surface area contributed by atoms with Gasteiger partial charge in [-0.25, -0.2) is 0 Å². The molecule has 0 aliphatic carbocycles. The summed E-state index contributed by atoms with van der Waals surface area (Å²) in [6.45, 7) is 4.67. The van der Waals surface area contributed by atoms with Crippen molar-refractivity contribution in [3.05, 3.63) is 83.4 Å². The number of nitrogens with one attached hydrogen (secondary N) is 3. The maximum atomic E-state index is 14.6. The van der Waals surface area contributed by atoms with Crippen LogP contribution in [0.5, 0.6) is 23.0 Å². The third-order valence-corrected chi connectivity index (χ3v) is 10.5. The van der Waals surface area contributed by atoms with Gasteiger partial charge in [0.2, 0.25) is 35.4 Å². The van der Waals surface area contributed by atoms with Gasteiger partial charge in [-0.15, -0.1) is 0 Å². The zero-order valence-electron chi connectivity index (χ0n) is 32.7. The number of ether oxygens (including phenoxy) is 2. The number of fused-ring (bicyclic) bond motifs is 2. The fraction of sp³-hybridized carbons (Fsp3) is 0.415. The number of likely N-dealkylation sites (N-methyl/N-ethyl adjacent to an activating group) is 3. The smallest absolute Gasteiger partial charge is 0.246 e. The molecule has 0 spiro atoms. The Kier molecular flexibility index (Phi) is 12.9. The fourth-order valence-corrected chi connectivity index (χ4v) is 6.85. The molecule has 15 heteroatoms. The number of methoxy groups -OCH3 is 1. The predicted molar refractivity (Wildman–Crippen MR) is 206 cm³/mol.